The van der Waals surface area contributed by atoms with E-state index in [4.69, 9.17) is 4.74 Å². The first-order valence-electron chi connectivity index (χ1n) is 10.8. The number of esters is 1. The Morgan fingerprint density at radius 2 is 1.73 bits per heavy atom. The second-order valence-corrected chi connectivity index (χ2v) is 8.61. The predicted molar refractivity (Wildman–Crippen MR) is 116 cm³/mol. The summed E-state index contributed by atoms with van der Waals surface area (Å²) in [6.45, 7) is 10.1. The highest BCUT2D eigenvalue weighted by atomic mass is 16.5. The molecule has 0 radical (unpaired) electrons. The van der Waals surface area contributed by atoms with Crippen molar-refractivity contribution in [2.45, 2.75) is 78.6 Å². The Balaban J connectivity index is 1.83. The molecule has 0 aliphatic heterocycles. The molecule has 0 aromatic heterocycles. The maximum Gasteiger partial charge on any atom is 0.338 e. The van der Waals surface area contributed by atoms with Gasteiger partial charge in [-0.3, -0.25) is 4.79 Å². The lowest BCUT2D eigenvalue weighted by Crippen LogP contribution is -2.47. The average Bonchev–Trinajstić information content (AvgIpc) is 2.69. The summed E-state index contributed by atoms with van der Waals surface area (Å²) in [5, 5.41) is 8.54. The van der Waals surface area contributed by atoms with Gasteiger partial charge >= 0.3 is 12.0 Å². The number of rotatable bonds is 7. The second kappa shape index (κ2) is 11.0. The Morgan fingerprint density at radius 3 is 2.37 bits per heavy atom. The van der Waals surface area contributed by atoms with Gasteiger partial charge < -0.3 is 20.7 Å². The molecule has 1 aliphatic rings. The van der Waals surface area contributed by atoms with E-state index < -0.39 is 12.1 Å². The Labute approximate surface area is 179 Å². The number of ether oxygens (including phenoxy) is 1. The van der Waals surface area contributed by atoms with Crippen LogP contribution < -0.4 is 16.0 Å². The van der Waals surface area contributed by atoms with Crippen LogP contribution in [0.3, 0.4) is 0 Å². The van der Waals surface area contributed by atoms with Gasteiger partial charge in [0.25, 0.3) is 5.91 Å². The minimum Gasteiger partial charge on any atom is -0.449 e. The van der Waals surface area contributed by atoms with Gasteiger partial charge in [0.2, 0.25) is 0 Å². The molecule has 3 N–H and O–H groups in total. The van der Waals surface area contributed by atoms with Gasteiger partial charge in [0, 0.05) is 18.6 Å². The molecule has 1 fully saturated rings. The molecular weight excluding hydrogens is 382 g/mol. The van der Waals surface area contributed by atoms with E-state index in [0.29, 0.717) is 23.9 Å². The fourth-order valence-corrected chi connectivity index (χ4v) is 3.62. The van der Waals surface area contributed by atoms with Crippen molar-refractivity contribution < 1.29 is 19.1 Å². The molecule has 0 bridgehead atoms. The number of hydrogen-bond acceptors (Lipinski definition) is 4. The minimum atomic E-state index is -0.858. The summed E-state index contributed by atoms with van der Waals surface area (Å²) in [6.07, 6.45) is 2.39. The van der Waals surface area contributed by atoms with Crippen LogP contribution in [0.25, 0.3) is 0 Å². The highest BCUT2D eigenvalue weighted by Crippen LogP contribution is 2.29. The minimum absolute atomic E-state index is 0.0612. The predicted octanol–water partition coefficient (Wildman–Crippen LogP) is 3.38. The van der Waals surface area contributed by atoms with Gasteiger partial charge in [0.1, 0.15) is 0 Å². The lowest BCUT2D eigenvalue weighted by Gasteiger charge is -2.35. The Morgan fingerprint density at radius 1 is 1.07 bits per heavy atom. The van der Waals surface area contributed by atoms with Gasteiger partial charge in [-0.1, -0.05) is 38.8 Å². The zero-order valence-corrected chi connectivity index (χ0v) is 18.7. The van der Waals surface area contributed by atoms with E-state index in [9.17, 15) is 14.4 Å². The van der Waals surface area contributed by atoms with Crippen LogP contribution in [0, 0.1) is 11.8 Å². The lowest BCUT2D eigenvalue weighted by molar-refractivity contribution is -0.130. The van der Waals surface area contributed by atoms with Gasteiger partial charge in [-0.2, -0.15) is 0 Å². The SMILES string of the molecule is CC(C)NC(=O)NCc1ccc(C(=O)O[C@H](C)C(=O)N[C@@H]2CCC[C@@H](C)[C@@H]2C)cc1. The highest BCUT2D eigenvalue weighted by molar-refractivity contribution is 5.92. The summed E-state index contributed by atoms with van der Waals surface area (Å²) in [7, 11) is 0. The first-order valence-corrected chi connectivity index (χ1v) is 10.8. The van der Waals surface area contributed by atoms with Crippen LogP contribution in [-0.2, 0) is 16.1 Å². The van der Waals surface area contributed by atoms with Crippen LogP contribution in [0.1, 0.15) is 69.8 Å². The average molecular weight is 418 g/mol. The largest absolute Gasteiger partial charge is 0.449 e. The zero-order valence-electron chi connectivity index (χ0n) is 18.7. The number of urea groups is 1. The van der Waals surface area contributed by atoms with Crippen LogP contribution in [0.15, 0.2) is 24.3 Å². The van der Waals surface area contributed by atoms with E-state index in [1.807, 2.05) is 13.8 Å². The molecule has 0 saturated heterocycles. The fraction of sp³-hybridized carbons (Fsp3) is 0.609. The van der Waals surface area contributed by atoms with E-state index in [1.165, 1.54) is 6.42 Å². The topological polar surface area (TPSA) is 96.5 Å². The van der Waals surface area contributed by atoms with E-state index in [1.54, 1.807) is 31.2 Å². The molecular formula is C23H35N3O4. The van der Waals surface area contributed by atoms with Crippen molar-refractivity contribution in [3.63, 3.8) is 0 Å². The Bertz CT molecular complexity index is 732. The number of nitrogens with one attached hydrogen (secondary N) is 3. The molecule has 1 aromatic rings. The van der Waals surface area contributed by atoms with E-state index in [2.05, 4.69) is 29.8 Å². The maximum atomic E-state index is 12.5. The first-order chi connectivity index (χ1) is 14.2. The summed E-state index contributed by atoms with van der Waals surface area (Å²) in [4.78, 5) is 36.5. The number of amides is 3. The van der Waals surface area contributed by atoms with Crippen LogP contribution in [0.4, 0.5) is 4.79 Å². The maximum absolute atomic E-state index is 12.5. The molecule has 7 heteroatoms. The standard InChI is InChI=1S/C23H35N3O4/c1-14(2)25-23(29)24-13-18-9-11-19(12-10-18)22(28)30-17(5)21(27)26-20-8-6-7-15(3)16(20)4/h9-12,14-17,20H,6-8,13H2,1-5H3,(H,26,27)(H2,24,25,29)/t15-,16+,17-,20-/m1/s1. The zero-order chi connectivity index (χ0) is 22.3. The smallest absolute Gasteiger partial charge is 0.338 e. The van der Waals surface area contributed by atoms with Crippen molar-refractivity contribution in [1.82, 2.24) is 16.0 Å². The van der Waals surface area contributed by atoms with Crippen LogP contribution in [0.2, 0.25) is 0 Å². The number of carbonyl (C=O) groups is 3. The molecule has 1 aliphatic carbocycles. The van der Waals surface area contributed by atoms with Gasteiger partial charge in [-0.25, -0.2) is 9.59 Å². The normalized spacial score (nSPS) is 22.1. The molecule has 0 unspecified atom stereocenters. The van der Waals surface area contributed by atoms with Crippen molar-refractivity contribution in [1.29, 1.82) is 0 Å². The second-order valence-electron chi connectivity index (χ2n) is 8.61. The molecule has 30 heavy (non-hydrogen) atoms. The van der Waals surface area contributed by atoms with Crippen molar-refractivity contribution in [3.8, 4) is 0 Å². The Kier molecular flexibility index (Phi) is 8.69. The van der Waals surface area contributed by atoms with Gasteiger partial charge in [0.15, 0.2) is 6.10 Å². The molecule has 1 saturated carbocycles. The molecule has 4 atom stereocenters. The highest BCUT2D eigenvalue weighted by Gasteiger charge is 2.30. The summed E-state index contributed by atoms with van der Waals surface area (Å²) < 4.78 is 5.35. The van der Waals surface area contributed by atoms with Crippen molar-refractivity contribution in [2.75, 3.05) is 0 Å². The van der Waals surface area contributed by atoms with Crippen molar-refractivity contribution in [3.05, 3.63) is 35.4 Å². The Hall–Kier alpha value is -2.57. The molecule has 0 heterocycles. The van der Waals surface area contributed by atoms with Crippen molar-refractivity contribution >= 4 is 17.9 Å². The molecule has 1 aromatic carbocycles. The number of carbonyl (C=O) groups excluding carboxylic acids is 3. The third-order valence-electron chi connectivity index (χ3n) is 5.75. The lowest BCUT2D eigenvalue weighted by atomic mass is 9.78. The summed E-state index contributed by atoms with van der Waals surface area (Å²) in [5.74, 6) is 0.187. The van der Waals surface area contributed by atoms with Crippen LogP contribution in [0.5, 0.6) is 0 Å². The van der Waals surface area contributed by atoms with E-state index in [-0.39, 0.29) is 24.0 Å². The fourth-order valence-electron chi connectivity index (χ4n) is 3.62. The third kappa shape index (κ3) is 7.04. The van der Waals surface area contributed by atoms with Crippen LogP contribution >= 0.6 is 0 Å². The first kappa shape index (κ1) is 23.7. The summed E-state index contributed by atoms with van der Waals surface area (Å²) in [6, 6.07) is 6.72. The van der Waals surface area contributed by atoms with Gasteiger partial charge in [-0.05, 0) is 56.7 Å². The summed E-state index contributed by atoms with van der Waals surface area (Å²) in [5.41, 5.74) is 1.22. The monoisotopic (exact) mass is 417 g/mol. The molecule has 2 rings (SSSR count). The molecule has 166 valence electrons. The molecule has 3 amide bonds. The van der Waals surface area contributed by atoms with Crippen LogP contribution in [-0.4, -0.2) is 36.1 Å². The summed E-state index contributed by atoms with van der Waals surface area (Å²) >= 11 is 0. The van der Waals surface area contributed by atoms with E-state index >= 15 is 0 Å². The number of benzene rings is 1. The molecule has 0 spiro atoms. The quantitative estimate of drug-likeness (QED) is 0.593. The van der Waals surface area contributed by atoms with Crippen molar-refractivity contribution in [2.24, 2.45) is 11.8 Å². The third-order valence-corrected chi connectivity index (χ3v) is 5.75. The van der Waals surface area contributed by atoms with Gasteiger partial charge in [0.05, 0.1) is 5.56 Å². The molecule has 7 nitrogen and oxygen atoms in total. The number of hydrogen-bond donors (Lipinski definition) is 3. The van der Waals surface area contributed by atoms with Gasteiger partial charge in [-0.15, -0.1) is 0 Å². The van der Waals surface area contributed by atoms with E-state index in [0.717, 1.165) is 18.4 Å².